The smallest absolute Gasteiger partial charge is 0.123 e. The van der Waals surface area contributed by atoms with E-state index >= 15 is 0 Å². The maximum atomic E-state index is 10.5. The van der Waals surface area contributed by atoms with Gasteiger partial charge in [0.25, 0.3) is 0 Å². The topological polar surface area (TPSA) is 38.0 Å². The van der Waals surface area contributed by atoms with Crippen LogP contribution in [-0.4, -0.2) is 14.9 Å². The van der Waals surface area contributed by atoms with E-state index in [4.69, 9.17) is 11.6 Å². The first-order valence-corrected chi connectivity index (χ1v) is 7.35. The van der Waals surface area contributed by atoms with Crippen molar-refractivity contribution >= 4 is 43.5 Å². The Balaban J connectivity index is 2.50. The van der Waals surface area contributed by atoms with Crippen LogP contribution in [0, 0.1) is 0 Å². The Morgan fingerprint density at radius 1 is 1.44 bits per heavy atom. The van der Waals surface area contributed by atoms with Crippen LogP contribution in [0.5, 0.6) is 0 Å². The molecule has 2 aromatic rings. The standard InChI is InChI=1S/C12H11Br2ClN2O/c1-2-17-11(9(14)6-16-17)12(18)8-5-7(13)3-4-10(8)15/h3-6,12,18H,2H2,1H3. The van der Waals surface area contributed by atoms with Gasteiger partial charge in [0.2, 0.25) is 0 Å². The van der Waals surface area contributed by atoms with Crippen LogP contribution in [0.1, 0.15) is 24.3 Å². The highest BCUT2D eigenvalue weighted by Crippen LogP contribution is 2.33. The molecule has 0 fully saturated rings. The summed E-state index contributed by atoms with van der Waals surface area (Å²) in [5.74, 6) is 0. The first-order valence-electron chi connectivity index (χ1n) is 5.38. The van der Waals surface area contributed by atoms with Gasteiger partial charge in [-0.25, -0.2) is 0 Å². The number of aliphatic hydroxyl groups excluding tert-OH is 1. The van der Waals surface area contributed by atoms with E-state index in [1.54, 1.807) is 16.9 Å². The van der Waals surface area contributed by atoms with Gasteiger partial charge in [-0.3, -0.25) is 4.68 Å². The van der Waals surface area contributed by atoms with Gasteiger partial charge in [-0.15, -0.1) is 0 Å². The second kappa shape index (κ2) is 5.74. The Bertz CT molecular complexity index is 571. The normalized spacial score (nSPS) is 12.7. The number of aliphatic hydroxyl groups is 1. The molecule has 18 heavy (non-hydrogen) atoms. The molecule has 1 unspecified atom stereocenters. The van der Waals surface area contributed by atoms with Crippen molar-refractivity contribution in [1.82, 2.24) is 9.78 Å². The summed E-state index contributed by atoms with van der Waals surface area (Å²) in [6, 6.07) is 5.40. The molecule has 96 valence electrons. The van der Waals surface area contributed by atoms with Crippen LogP contribution >= 0.6 is 43.5 Å². The Morgan fingerprint density at radius 3 is 2.83 bits per heavy atom. The average Bonchev–Trinajstić information content (AvgIpc) is 2.72. The van der Waals surface area contributed by atoms with Gasteiger partial charge in [0.15, 0.2) is 0 Å². The summed E-state index contributed by atoms with van der Waals surface area (Å²) >= 11 is 12.9. The number of nitrogens with zero attached hydrogens (tertiary/aromatic N) is 2. The number of hydrogen-bond donors (Lipinski definition) is 1. The van der Waals surface area contributed by atoms with Crippen molar-refractivity contribution in [2.45, 2.75) is 19.6 Å². The molecule has 1 aromatic carbocycles. The highest BCUT2D eigenvalue weighted by atomic mass is 79.9. The van der Waals surface area contributed by atoms with E-state index in [9.17, 15) is 5.11 Å². The van der Waals surface area contributed by atoms with Crippen molar-refractivity contribution in [3.8, 4) is 0 Å². The summed E-state index contributed by atoms with van der Waals surface area (Å²) in [7, 11) is 0. The van der Waals surface area contributed by atoms with E-state index in [2.05, 4.69) is 37.0 Å². The molecule has 0 aliphatic rings. The summed E-state index contributed by atoms with van der Waals surface area (Å²) < 4.78 is 3.39. The van der Waals surface area contributed by atoms with Crippen molar-refractivity contribution in [1.29, 1.82) is 0 Å². The largest absolute Gasteiger partial charge is 0.382 e. The minimum absolute atomic E-state index is 0.529. The third-order valence-electron chi connectivity index (χ3n) is 2.64. The molecule has 0 aliphatic carbocycles. The highest BCUT2D eigenvalue weighted by molar-refractivity contribution is 9.10. The molecule has 6 heteroatoms. The number of aryl methyl sites for hydroxylation is 1. The summed E-state index contributed by atoms with van der Waals surface area (Å²) in [6.07, 6.45) is 0.861. The fourth-order valence-electron chi connectivity index (χ4n) is 1.77. The molecule has 2 rings (SSSR count). The first-order chi connectivity index (χ1) is 8.54. The number of rotatable bonds is 3. The maximum absolute atomic E-state index is 10.5. The zero-order chi connectivity index (χ0) is 13.3. The van der Waals surface area contributed by atoms with E-state index in [1.807, 2.05) is 19.1 Å². The molecular formula is C12H11Br2ClN2O. The van der Waals surface area contributed by atoms with Gasteiger partial charge in [-0.05, 0) is 41.1 Å². The van der Waals surface area contributed by atoms with E-state index < -0.39 is 6.10 Å². The van der Waals surface area contributed by atoms with Crippen molar-refractivity contribution in [3.63, 3.8) is 0 Å². The summed E-state index contributed by atoms with van der Waals surface area (Å²) in [5, 5.41) is 15.2. The molecule has 0 saturated heterocycles. The van der Waals surface area contributed by atoms with Crippen molar-refractivity contribution in [2.24, 2.45) is 0 Å². The third kappa shape index (κ3) is 2.64. The quantitative estimate of drug-likeness (QED) is 0.849. The fourth-order valence-corrected chi connectivity index (χ4v) is 2.88. The molecule has 0 amide bonds. The molecule has 1 N–H and O–H groups in total. The van der Waals surface area contributed by atoms with E-state index in [-0.39, 0.29) is 0 Å². The Morgan fingerprint density at radius 2 is 2.17 bits per heavy atom. The lowest BCUT2D eigenvalue weighted by Crippen LogP contribution is -2.10. The summed E-state index contributed by atoms with van der Waals surface area (Å²) in [5.41, 5.74) is 1.36. The SMILES string of the molecule is CCn1ncc(Br)c1C(O)c1cc(Br)ccc1Cl. The second-order valence-electron chi connectivity index (χ2n) is 3.76. The number of halogens is 3. The Hall–Kier alpha value is -0.360. The highest BCUT2D eigenvalue weighted by Gasteiger charge is 2.21. The molecule has 0 aliphatic heterocycles. The van der Waals surface area contributed by atoms with E-state index in [1.165, 1.54) is 0 Å². The molecule has 0 radical (unpaired) electrons. The Labute approximate surface area is 127 Å². The first kappa shape index (κ1) is 14.1. The lowest BCUT2D eigenvalue weighted by atomic mass is 10.1. The molecule has 1 atom stereocenters. The van der Waals surface area contributed by atoms with Crippen LogP contribution in [0.25, 0.3) is 0 Å². The zero-order valence-electron chi connectivity index (χ0n) is 9.57. The Kier molecular flexibility index (Phi) is 4.48. The van der Waals surface area contributed by atoms with Gasteiger partial charge < -0.3 is 5.11 Å². The molecule has 0 spiro atoms. The number of benzene rings is 1. The van der Waals surface area contributed by atoms with E-state index in [0.29, 0.717) is 22.8 Å². The van der Waals surface area contributed by atoms with Crippen molar-refractivity contribution < 1.29 is 5.11 Å². The molecule has 1 aromatic heterocycles. The summed E-state index contributed by atoms with van der Waals surface area (Å²) in [4.78, 5) is 0. The molecular weight excluding hydrogens is 383 g/mol. The number of aromatic nitrogens is 2. The maximum Gasteiger partial charge on any atom is 0.123 e. The second-order valence-corrected chi connectivity index (χ2v) is 5.94. The van der Waals surface area contributed by atoms with Crippen molar-refractivity contribution in [2.75, 3.05) is 0 Å². The summed E-state index contributed by atoms with van der Waals surface area (Å²) in [6.45, 7) is 2.65. The fraction of sp³-hybridized carbons (Fsp3) is 0.250. The van der Waals surface area contributed by atoms with Gasteiger partial charge >= 0.3 is 0 Å². The van der Waals surface area contributed by atoms with Gasteiger partial charge in [0.1, 0.15) is 6.10 Å². The third-order valence-corrected chi connectivity index (χ3v) is 4.09. The lowest BCUT2D eigenvalue weighted by Gasteiger charge is -2.15. The van der Waals surface area contributed by atoms with Crippen LogP contribution in [0.15, 0.2) is 33.3 Å². The zero-order valence-corrected chi connectivity index (χ0v) is 13.5. The minimum atomic E-state index is -0.813. The average molecular weight is 394 g/mol. The minimum Gasteiger partial charge on any atom is -0.382 e. The van der Waals surface area contributed by atoms with Crippen molar-refractivity contribution in [3.05, 3.63) is 49.6 Å². The van der Waals surface area contributed by atoms with Crippen LogP contribution in [-0.2, 0) is 6.54 Å². The van der Waals surface area contributed by atoms with Gasteiger partial charge in [-0.2, -0.15) is 5.10 Å². The van der Waals surface area contributed by atoms with Gasteiger partial charge in [0, 0.05) is 21.6 Å². The van der Waals surface area contributed by atoms with Crippen LogP contribution in [0.2, 0.25) is 5.02 Å². The van der Waals surface area contributed by atoms with E-state index in [0.717, 1.165) is 8.95 Å². The lowest BCUT2D eigenvalue weighted by molar-refractivity contribution is 0.207. The number of hydrogen-bond acceptors (Lipinski definition) is 2. The van der Waals surface area contributed by atoms with Crippen LogP contribution in [0.3, 0.4) is 0 Å². The van der Waals surface area contributed by atoms with Crippen LogP contribution < -0.4 is 0 Å². The monoisotopic (exact) mass is 392 g/mol. The molecule has 0 bridgehead atoms. The molecule has 1 heterocycles. The molecule has 3 nitrogen and oxygen atoms in total. The van der Waals surface area contributed by atoms with Gasteiger partial charge in [0.05, 0.1) is 16.4 Å². The molecule has 0 saturated carbocycles. The van der Waals surface area contributed by atoms with Crippen LogP contribution in [0.4, 0.5) is 0 Å². The predicted molar refractivity (Wildman–Crippen MR) is 78.8 cm³/mol. The van der Waals surface area contributed by atoms with Gasteiger partial charge in [-0.1, -0.05) is 27.5 Å². The predicted octanol–water partition coefficient (Wildman–Crippen LogP) is 4.16.